The molecule has 0 spiro atoms. The van der Waals surface area contributed by atoms with E-state index in [-0.39, 0.29) is 24.8 Å². The van der Waals surface area contributed by atoms with Gasteiger partial charge in [0.05, 0.1) is 24.0 Å². The van der Waals surface area contributed by atoms with Crippen molar-refractivity contribution in [2.75, 3.05) is 5.32 Å². The molecule has 0 bridgehead atoms. The Bertz CT molecular complexity index is 1280. The van der Waals surface area contributed by atoms with E-state index in [4.69, 9.17) is 10.1 Å². The summed E-state index contributed by atoms with van der Waals surface area (Å²) in [4.78, 5) is 41.1. The van der Waals surface area contributed by atoms with Gasteiger partial charge in [0.1, 0.15) is 11.9 Å². The van der Waals surface area contributed by atoms with Crippen LogP contribution < -0.4 is 16.0 Å². The maximum atomic E-state index is 13.0. The van der Waals surface area contributed by atoms with Crippen molar-refractivity contribution in [2.24, 2.45) is 0 Å². The zero-order chi connectivity index (χ0) is 24.4. The minimum absolute atomic E-state index is 0.218. The first-order valence-electron chi connectivity index (χ1n) is 12.1. The number of imidazole rings is 1. The van der Waals surface area contributed by atoms with E-state index in [0.717, 1.165) is 35.3 Å². The number of aromatic nitrogens is 2. The molecule has 9 nitrogen and oxygen atoms in total. The van der Waals surface area contributed by atoms with Gasteiger partial charge in [0.2, 0.25) is 5.91 Å². The molecule has 4 N–H and O–H groups in total. The van der Waals surface area contributed by atoms with Gasteiger partial charge < -0.3 is 25.6 Å². The fourth-order valence-corrected chi connectivity index (χ4v) is 5.13. The Kier molecular flexibility index (Phi) is 6.39. The van der Waals surface area contributed by atoms with E-state index in [2.05, 4.69) is 26.6 Å². The number of aliphatic carboxylic acids is 1. The third-order valence-corrected chi connectivity index (χ3v) is 6.86. The molecule has 1 aliphatic carbocycles. The van der Waals surface area contributed by atoms with Crippen LogP contribution in [0.15, 0.2) is 42.5 Å². The van der Waals surface area contributed by atoms with E-state index in [1.165, 1.54) is 19.3 Å². The Labute approximate surface area is 202 Å². The van der Waals surface area contributed by atoms with Gasteiger partial charge in [0.25, 0.3) is 5.91 Å². The van der Waals surface area contributed by atoms with Crippen LogP contribution in [0, 0.1) is 0 Å². The topological polar surface area (TPSA) is 125 Å². The number of carbonyl (C=O) groups excluding carboxylic acids is 2. The molecule has 182 valence electrons. The summed E-state index contributed by atoms with van der Waals surface area (Å²) in [6, 6.07) is 12.8. The first kappa shape index (κ1) is 22.9. The maximum Gasteiger partial charge on any atom is 0.305 e. The number of carboxylic acid groups (broad SMARTS) is 1. The Morgan fingerprint density at radius 2 is 1.91 bits per heavy atom. The molecule has 0 radical (unpaired) electrons. The van der Waals surface area contributed by atoms with Crippen molar-refractivity contribution in [1.82, 2.24) is 20.2 Å². The Balaban J connectivity index is 1.33. The van der Waals surface area contributed by atoms with Gasteiger partial charge in [-0.2, -0.15) is 0 Å². The van der Waals surface area contributed by atoms with Crippen LogP contribution in [0.5, 0.6) is 0 Å². The number of carbonyl (C=O) groups is 3. The van der Waals surface area contributed by atoms with Crippen molar-refractivity contribution in [3.05, 3.63) is 59.4 Å². The summed E-state index contributed by atoms with van der Waals surface area (Å²) in [6.07, 6.45) is 5.59. The van der Waals surface area contributed by atoms with Crippen molar-refractivity contribution >= 4 is 34.5 Å². The first-order chi connectivity index (χ1) is 17.0. The second-order valence-corrected chi connectivity index (χ2v) is 9.25. The average Bonchev–Trinajstić information content (AvgIpc) is 3.17. The van der Waals surface area contributed by atoms with Gasteiger partial charge in [0.15, 0.2) is 0 Å². The van der Waals surface area contributed by atoms with Crippen LogP contribution in [0.3, 0.4) is 0 Å². The van der Waals surface area contributed by atoms with Crippen LogP contribution in [0.25, 0.3) is 11.0 Å². The fraction of sp³-hybridized carbons (Fsp3) is 0.385. The van der Waals surface area contributed by atoms with Crippen LogP contribution in [0.4, 0.5) is 5.69 Å². The average molecular weight is 476 g/mol. The van der Waals surface area contributed by atoms with Crippen molar-refractivity contribution in [2.45, 2.75) is 63.7 Å². The number of fused-ring (bicyclic) bond motifs is 2. The van der Waals surface area contributed by atoms with E-state index in [1.54, 1.807) is 18.2 Å². The molecule has 1 unspecified atom stereocenters. The van der Waals surface area contributed by atoms with Crippen LogP contribution in [0.2, 0.25) is 0 Å². The number of anilines is 1. The predicted octanol–water partition coefficient (Wildman–Crippen LogP) is 3.36. The minimum Gasteiger partial charge on any atom is -0.481 e. The minimum atomic E-state index is -1.06. The Morgan fingerprint density at radius 1 is 1.11 bits per heavy atom. The molecular formula is C26H29N5O4. The number of hydrogen-bond acceptors (Lipinski definition) is 5. The van der Waals surface area contributed by atoms with Gasteiger partial charge >= 0.3 is 5.97 Å². The number of hydrogen-bond donors (Lipinski definition) is 4. The number of nitrogens with zero attached hydrogens (tertiary/aromatic N) is 2. The molecule has 1 saturated carbocycles. The van der Waals surface area contributed by atoms with Gasteiger partial charge in [-0.1, -0.05) is 31.4 Å². The first-order valence-corrected chi connectivity index (χ1v) is 12.1. The largest absolute Gasteiger partial charge is 0.481 e. The van der Waals surface area contributed by atoms with E-state index in [1.807, 2.05) is 18.2 Å². The van der Waals surface area contributed by atoms with Crippen LogP contribution in [-0.2, 0) is 22.7 Å². The standard InChI is InChI=1S/C26H29N5O4/c32-24(33)13-21-26(35)27-14-17-12-16(10-11-19(17)29-21)25(34)28-15-23-30-20-8-4-5-9-22(20)31(23)18-6-2-1-3-7-18/h4-5,8-12,18,21,29H,1-3,6-7,13-15H2,(H,27,35)(H,28,34)(H,32,33). The van der Waals surface area contributed by atoms with Crippen LogP contribution >= 0.6 is 0 Å². The third-order valence-electron chi connectivity index (χ3n) is 6.86. The second kappa shape index (κ2) is 9.77. The second-order valence-electron chi connectivity index (χ2n) is 9.25. The molecule has 2 aromatic carbocycles. The molecule has 1 fully saturated rings. The van der Waals surface area contributed by atoms with E-state index in [9.17, 15) is 14.4 Å². The number of para-hydroxylation sites is 2. The molecule has 5 rings (SSSR count). The molecule has 1 aliphatic heterocycles. The highest BCUT2D eigenvalue weighted by atomic mass is 16.4. The van der Waals surface area contributed by atoms with E-state index < -0.39 is 12.0 Å². The number of rotatable bonds is 6. The Morgan fingerprint density at radius 3 is 2.71 bits per heavy atom. The highest BCUT2D eigenvalue weighted by Crippen LogP contribution is 2.32. The number of amides is 2. The van der Waals surface area contributed by atoms with Gasteiger partial charge in [0, 0.05) is 23.8 Å². The molecular weight excluding hydrogens is 446 g/mol. The maximum absolute atomic E-state index is 13.0. The zero-order valence-electron chi connectivity index (χ0n) is 19.4. The monoisotopic (exact) mass is 475 g/mol. The smallest absolute Gasteiger partial charge is 0.305 e. The molecule has 3 aromatic rings. The van der Waals surface area contributed by atoms with Crippen molar-refractivity contribution in [1.29, 1.82) is 0 Å². The summed E-state index contributed by atoms with van der Waals surface area (Å²) >= 11 is 0. The summed E-state index contributed by atoms with van der Waals surface area (Å²) < 4.78 is 2.30. The number of benzene rings is 2. The fourth-order valence-electron chi connectivity index (χ4n) is 5.13. The third kappa shape index (κ3) is 4.84. The highest BCUT2D eigenvalue weighted by molar-refractivity contribution is 5.95. The molecule has 0 saturated heterocycles. The Hall–Kier alpha value is -3.88. The quantitative estimate of drug-likeness (QED) is 0.433. The van der Waals surface area contributed by atoms with Crippen molar-refractivity contribution in [3.8, 4) is 0 Å². The van der Waals surface area contributed by atoms with E-state index in [0.29, 0.717) is 23.8 Å². The van der Waals surface area contributed by atoms with Gasteiger partial charge in [-0.3, -0.25) is 14.4 Å². The van der Waals surface area contributed by atoms with Gasteiger partial charge in [-0.25, -0.2) is 4.98 Å². The molecule has 2 amide bonds. The summed E-state index contributed by atoms with van der Waals surface area (Å²) in [6.45, 7) is 0.534. The lowest BCUT2D eigenvalue weighted by atomic mass is 9.95. The molecule has 2 aliphatic rings. The highest BCUT2D eigenvalue weighted by Gasteiger charge is 2.26. The van der Waals surface area contributed by atoms with Gasteiger partial charge in [-0.05, 0) is 48.7 Å². The SMILES string of the molecule is O=C(O)CC1Nc2ccc(C(=O)NCc3nc4ccccc4n3C3CCCCC3)cc2CNC1=O. The number of nitrogens with one attached hydrogen (secondary N) is 3. The molecule has 2 heterocycles. The van der Waals surface area contributed by atoms with Crippen molar-refractivity contribution in [3.63, 3.8) is 0 Å². The molecule has 1 atom stereocenters. The van der Waals surface area contributed by atoms with Crippen LogP contribution in [0.1, 0.15) is 66.3 Å². The lowest BCUT2D eigenvalue weighted by molar-refractivity contribution is -0.139. The summed E-state index contributed by atoms with van der Waals surface area (Å²) in [5.41, 5.74) is 3.88. The normalized spacial score (nSPS) is 18.3. The van der Waals surface area contributed by atoms with E-state index >= 15 is 0 Å². The zero-order valence-corrected chi connectivity index (χ0v) is 19.4. The lowest BCUT2D eigenvalue weighted by Crippen LogP contribution is -2.38. The van der Waals surface area contributed by atoms with Crippen molar-refractivity contribution < 1.29 is 19.5 Å². The molecule has 9 heteroatoms. The number of carboxylic acids is 1. The van der Waals surface area contributed by atoms with Crippen LogP contribution in [-0.4, -0.2) is 38.5 Å². The molecule has 35 heavy (non-hydrogen) atoms. The summed E-state index contributed by atoms with van der Waals surface area (Å²) in [7, 11) is 0. The predicted molar refractivity (Wildman–Crippen MR) is 131 cm³/mol. The molecule has 1 aromatic heterocycles. The lowest BCUT2D eigenvalue weighted by Gasteiger charge is -2.25. The summed E-state index contributed by atoms with van der Waals surface area (Å²) in [5.74, 6) is -0.813. The van der Waals surface area contributed by atoms with Gasteiger partial charge in [-0.15, -0.1) is 0 Å². The summed E-state index contributed by atoms with van der Waals surface area (Å²) in [5, 5.41) is 17.8.